The van der Waals surface area contributed by atoms with E-state index in [1.165, 1.54) is 17.5 Å². The zero-order valence-corrected chi connectivity index (χ0v) is 17.6. The number of nitrogens with zero attached hydrogens (tertiary/aromatic N) is 2. The molecule has 2 rings (SSSR count). The van der Waals surface area contributed by atoms with Crippen molar-refractivity contribution in [3.05, 3.63) is 35.4 Å². The first-order valence-electron chi connectivity index (χ1n) is 10.1. The summed E-state index contributed by atoms with van der Waals surface area (Å²) in [6.45, 7) is 11.3. The molecular weight excluding hydrogens is 336 g/mol. The van der Waals surface area contributed by atoms with Crippen molar-refractivity contribution < 1.29 is 4.79 Å². The van der Waals surface area contributed by atoms with Gasteiger partial charge in [-0.25, -0.2) is 0 Å². The Bertz CT molecular complexity index is 648. The second kappa shape index (κ2) is 9.77. The molecule has 0 spiro atoms. The summed E-state index contributed by atoms with van der Waals surface area (Å²) in [5.41, 5.74) is 2.74. The number of carbonyl (C=O) groups excluding carboxylic acids is 1. The molecule has 0 radical (unpaired) electrons. The third-order valence-electron chi connectivity index (χ3n) is 4.93. The van der Waals surface area contributed by atoms with Crippen LogP contribution in [0.25, 0.3) is 0 Å². The minimum Gasteiger partial charge on any atom is -0.354 e. The molecule has 5 nitrogen and oxygen atoms in total. The third-order valence-corrected chi connectivity index (χ3v) is 4.93. The number of nitrogens with one attached hydrogen (secondary N) is 2. The van der Waals surface area contributed by atoms with Gasteiger partial charge in [0.15, 0.2) is 5.96 Å². The van der Waals surface area contributed by atoms with Crippen molar-refractivity contribution in [3.63, 3.8) is 0 Å². The van der Waals surface area contributed by atoms with Crippen LogP contribution in [0.2, 0.25) is 0 Å². The molecule has 1 atom stereocenters. The first kappa shape index (κ1) is 21.3. The first-order chi connectivity index (χ1) is 12.8. The molecule has 5 heteroatoms. The van der Waals surface area contributed by atoms with Crippen LogP contribution < -0.4 is 10.6 Å². The number of benzene rings is 1. The number of guanidine groups is 1. The van der Waals surface area contributed by atoms with E-state index >= 15 is 0 Å². The molecule has 1 amide bonds. The Kier molecular flexibility index (Phi) is 7.69. The molecule has 150 valence electrons. The van der Waals surface area contributed by atoms with Crippen LogP contribution in [-0.4, -0.2) is 36.4 Å². The van der Waals surface area contributed by atoms with Crippen molar-refractivity contribution >= 4 is 11.9 Å². The van der Waals surface area contributed by atoms with E-state index in [9.17, 15) is 4.79 Å². The maximum Gasteiger partial charge on any atom is 0.222 e. The fourth-order valence-electron chi connectivity index (χ4n) is 3.27. The van der Waals surface area contributed by atoms with Crippen LogP contribution in [0, 0.1) is 5.41 Å². The number of hydrogen-bond acceptors (Lipinski definition) is 2. The summed E-state index contributed by atoms with van der Waals surface area (Å²) in [7, 11) is 1.81. The Hall–Kier alpha value is -2.04. The fraction of sp³-hybridized carbons (Fsp3) is 0.636. The summed E-state index contributed by atoms with van der Waals surface area (Å²) < 4.78 is 0. The van der Waals surface area contributed by atoms with E-state index in [1.807, 2.05) is 4.90 Å². The summed E-state index contributed by atoms with van der Waals surface area (Å²) >= 11 is 0. The molecule has 0 aliphatic carbocycles. The monoisotopic (exact) mass is 372 g/mol. The Morgan fingerprint density at radius 1 is 1.30 bits per heavy atom. The minimum absolute atomic E-state index is 0.271. The van der Waals surface area contributed by atoms with Gasteiger partial charge in [0, 0.05) is 39.1 Å². The maximum atomic E-state index is 11.8. The average molecular weight is 373 g/mol. The number of aliphatic imine (C=N–C) groups is 1. The fourth-order valence-corrected chi connectivity index (χ4v) is 3.27. The van der Waals surface area contributed by atoms with E-state index in [4.69, 9.17) is 0 Å². The molecule has 1 aliphatic heterocycles. The van der Waals surface area contributed by atoms with E-state index in [0.717, 1.165) is 25.3 Å². The van der Waals surface area contributed by atoms with Crippen LogP contribution in [-0.2, 0) is 17.9 Å². The van der Waals surface area contributed by atoms with Crippen molar-refractivity contribution in [1.29, 1.82) is 0 Å². The van der Waals surface area contributed by atoms with Crippen LogP contribution in [0.1, 0.15) is 64.5 Å². The predicted octanol–water partition coefficient (Wildman–Crippen LogP) is 3.69. The van der Waals surface area contributed by atoms with Gasteiger partial charge >= 0.3 is 0 Å². The number of likely N-dealkylation sites (tertiary alicyclic amines) is 1. The lowest BCUT2D eigenvalue weighted by molar-refractivity contribution is -0.128. The van der Waals surface area contributed by atoms with E-state index in [1.54, 1.807) is 7.05 Å². The van der Waals surface area contributed by atoms with Gasteiger partial charge in [0.05, 0.1) is 0 Å². The van der Waals surface area contributed by atoms with E-state index in [0.29, 0.717) is 31.0 Å². The van der Waals surface area contributed by atoms with Crippen LogP contribution in [0.15, 0.2) is 29.3 Å². The van der Waals surface area contributed by atoms with Gasteiger partial charge < -0.3 is 15.5 Å². The van der Waals surface area contributed by atoms with E-state index < -0.39 is 0 Å². The van der Waals surface area contributed by atoms with Crippen LogP contribution in [0.3, 0.4) is 0 Å². The smallest absolute Gasteiger partial charge is 0.222 e. The highest BCUT2D eigenvalue weighted by Gasteiger charge is 2.20. The van der Waals surface area contributed by atoms with Gasteiger partial charge in [-0.15, -0.1) is 0 Å². The molecule has 1 aliphatic rings. The number of carbonyl (C=O) groups is 1. The molecule has 1 aromatic rings. The van der Waals surface area contributed by atoms with Crippen molar-refractivity contribution in [2.75, 3.05) is 13.6 Å². The molecular formula is C22H36N4O. The summed E-state index contributed by atoms with van der Waals surface area (Å²) in [5, 5.41) is 6.88. The van der Waals surface area contributed by atoms with E-state index in [-0.39, 0.29) is 5.91 Å². The minimum atomic E-state index is 0.271. The molecule has 1 aromatic carbocycles. The largest absolute Gasteiger partial charge is 0.354 e. The molecule has 1 heterocycles. The molecule has 2 N–H and O–H groups in total. The SMILES string of the molecule is CN=C(NCc1cccc(CN2CCCC2=O)c1)NC(C)CCC(C)(C)C. The molecule has 0 saturated carbocycles. The lowest BCUT2D eigenvalue weighted by Crippen LogP contribution is -2.42. The van der Waals surface area contributed by atoms with Gasteiger partial charge in [0.2, 0.25) is 5.91 Å². The van der Waals surface area contributed by atoms with Crippen LogP contribution in [0.4, 0.5) is 0 Å². The second-order valence-electron chi connectivity index (χ2n) is 8.81. The second-order valence-corrected chi connectivity index (χ2v) is 8.81. The average Bonchev–Trinajstić information content (AvgIpc) is 3.01. The highest BCUT2D eigenvalue weighted by molar-refractivity contribution is 5.80. The molecule has 1 unspecified atom stereocenters. The summed E-state index contributed by atoms with van der Waals surface area (Å²) in [4.78, 5) is 18.1. The predicted molar refractivity (Wildman–Crippen MR) is 113 cm³/mol. The third kappa shape index (κ3) is 7.61. The van der Waals surface area contributed by atoms with Gasteiger partial charge in [-0.05, 0) is 42.7 Å². The zero-order valence-electron chi connectivity index (χ0n) is 17.6. The van der Waals surface area contributed by atoms with Crippen molar-refractivity contribution in [2.45, 2.75) is 72.5 Å². The highest BCUT2D eigenvalue weighted by Crippen LogP contribution is 2.21. The molecule has 1 fully saturated rings. The Labute approximate surface area is 164 Å². The maximum absolute atomic E-state index is 11.8. The standard InChI is InChI=1S/C22H36N4O/c1-17(11-12-22(2,3)4)25-21(23-5)24-15-18-8-6-9-19(14-18)16-26-13-7-10-20(26)27/h6,8-9,14,17H,7,10-13,15-16H2,1-5H3,(H2,23,24,25). The van der Waals surface area contributed by atoms with E-state index in [2.05, 4.69) is 67.6 Å². The number of hydrogen-bond donors (Lipinski definition) is 2. The Morgan fingerprint density at radius 2 is 2.04 bits per heavy atom. The molecule has 0 bridgehead atoms. The Balaban J connectivity index is 1.83. The van der Waals surface area contributed by atoms with Crippen LogP contribution in [0.5, 0.6) is 0 Å². The molecule has 0 aromatic heterocycles. The van der Waals surface area contributed by atoms with Crippen molar-refractivity contribution in [2.24, 2.45) is 10.4 Å². The van der Waals surface area contributed by atoms with Crippen LogP contribution >= 0.6 is 0 Å². The van der Waals surface area contributed by atoms with Gasteiger partial charge in [0.1, 0.15) is 0 Å². The number of amides is 1. The Morgan fingerprint density at radius 3 is 2.67 bits per heavy atom. The van der Waals surface area contributed by atoms with Gasteiger partial charge in [-0.1, -0.05) is 45.0 Å². The quantitative estimate of drug-likeness (QED) is 0.567. The lowest BCUT2D eigenvalue weighted by Gasteiger charge is -2.23. The number of rotatable bonds is 7. The van der Waals surface area contributed by atoms with Crippen molar-refractivity contribution in [1.82, 2.24) is 15.5 Å². The molecule has 27 heavy (non-hydrogen) atoms. The normalized spacial score (nSPS) is 16.6. The van der Waals surface area contributed by atoms with Gasteiger partial charge in [0.25, 0.3) is 0 Å². The van der Waals surface area contributed by atoms with Gasteiger partial charge in [-0.3, -0.25) is 9.79 Å². The topological polar surface area (TPSA) is 56.7 Å². The van der Waals surface area contributed by atoms with Crippen molar-refractivity contribution in [3.8, 4) is 0 Å². The first-order valence-corrected chi connectivity index (χ1v) is 10.1. The molecule has 1 saturated heterocycles. The van der Waals surface area contributed by atoms with Gasteiger partial charge in [-0.2, -0.15) is 0 Å². The zero-order chi connectivity index (χ0) is 19.9. The lowest BCUT2D eigenvalue weighted by atomic mass is 9.89. The summed E-state index contributed by atoms with van der Waals surface area (Å²) in [5.74, 6) is 1.10. The highest BCUT2D eigenvalue weighted by atomic mass is 16.2. The summed E-state index contributed by atoms with van der Waals surface area (Å²) in [6, 6.07) is 8.82. The summed E-state index contributed by atoms with van der Waals surface area (Å²) in [6.07, 6.45) is 3.96.